The number of nitrogens with zero attached hydrogens (tertiary/aromatic N) is 1. The Labute approximate surface area is 134 Å². The molecule has 5 nitrogen and oxygen atoms in total. The molecule has 1 aliphatic rings. The highest BCUT2D eigenvalue weighted by Gasteiger charge is 2.24. The summed E-state index contributed by atoms with van der Waals surface area (Å²) in [6.45, 7) is 0.636. The lowest BCUT2D eigenvalue weighted by Gasteiger charge is -2.17. The van der Waals surface area contributed by atoms with Gasteiger partial charge in [0.15, 0.2) is 0 Å². The number of benzene rings is 2. The van der Waals surface area contributed by atoms with Gasteiger partial charge in [0.1, 0.15) is 5.75 Å². The lowest BCUT2D eigenvalue weighted by Crippen LogP contribution is -2.39. The van der Waals surface area contributed by atoms with Crippen LogP contribution in [0.4, 0.5) is 5.69 Å². The fraction of sp³-hybridized carbons (Fsp3) is 0.222. The van der Waals surface area contributed by atoms with E-state index in [-0.39, 0.29) is 18.4 Å². The maximum Gasteiger partial charge on any atom is 0.251 e. The van der Waals surface area contributed by atoms with Gasteiger partial charge in [0.25, 0.3) is 5.91 Å². The molecule has 0 atom stereocenters. The topological polar surface area (TPSA) is 58.6 Å². The van der Waals surface area contributed by atoms with Crippen molar-refractivity contribution < 1.29 is 14.3 Å². The van der Waals surface area contributed by atoms with E-state index >= 15 is 0 Å². The van der Waals surface area contributed by atoms with E-state index in [0.29, 0.717) is 17.9 Å². The van der Waals surface area contributed by atoms with Gasteiger partial charge < -0.3 is 15.0 Å². The Balaban J connectivity index is 1.62. The number of fused-ring (bicyclic) bond motifs is 1. The predicted molar refractivity (Wildman–Crippen MR) is 87.8 cm³/mol. The van der Waals surface area contributed by atoms with E-state index in [1.54, 1.807) is 36.3 Å². The molecular formula is C18H18N2O3. The third-order valence-electron chi connectivity index (χ3n) is 3.92. The molecule has 3 rings (SSSR count). The molecule has 0 saturated heterocycles. The number of para-hydroxylation sites is 1. The molecule has 1 heterocycles. The molecule has 0 radical (unpaired) electrons. The number of carbonyl (C=O) groups is 2. The van der Waals surface area contributed by atoms with Crippen molar-refractivity contribution in [3.8, 4) is 5.75 Å². The lowest BCUT2D eigenvalue weighted by atomic mass is 10.2. The Kier molecular flexibility index (Phi) is 4.28. The highest BCUT2D eigenvalue weighted by Crippen LogP contribution is 2.27. The van der Waals surface area contributed by atoms with Gasteiger partial charge in [-0.05, 0) is 36.2 Å². The summed E-state index contributed by atoms with van der Waals surface area (Å²) in [5, 5.41) is 2.67. The normalized spacial score (nSPS) is 12.7. The van der Waals surface area contributed by atoms with E-state index < -0.39 is 0 Å². The zero-order chi connectivity index (χ0) is 16.2. The number of amides is 2. The van der Waals surface area contributed by atoms with E-state index in [1.807, 2.05) is 24.3 Å². The third-order valence-corrected chi connectivity index (χ3v) is 3.92. The SMILES string of the molecule is COc1cccc(C(=O)NCC(=O)N2CCc3ccccc32)c1. The summed E-state index contributed by atoms with van der Waals surface area (Å²) in [4.78, 5) is 26.2. The first-order valence-electron chi connectivity index (χ1n) is 7.49. The standard InChI is InChI=1S/C18H18N2O3/c1-23-15-7-4-6-14(11-15)18(22)19-12-17(21)20-10-9-13-5-2-3-8-16(13)20/h2-8,11H,9-10,12H2,1H3,(H,19,22). The van der Waals surface area contributed by atoms with Crippen LogP contribution in [0.25, 0.3) is 0 Å². The van der Waals surface area contributed by atoms with Gasteiger partial charge in [-0.25, -0.2) is 0 Å². The van der Waals surface area contributed by atoms with Crippen LogP contribution in [0, 0.1) is 0 Å². The van der Waals surface area contributed by atoms with Crippen molar-refractivity contribution in [2.75, 3.05) is 25.1 Å². The molecule has 23 heavy (non-hydrogen) atoms. The van der Waals surface area contributed by atoms with Gasteiger partial charge in [0.2, 0.25) is 5.91 Å². The second kappa shape index (κ2) is 6.52. The zero-order valence-corrected chi connectivity index (χ0v) is 12.9. The number of nitrogens with one attached hydrogen (secondary N) is 1. The summed E-state index contributed by atoms with van der Waals surface area (Å²) in [5.41, 5.74) is 2.58. The van der Waals surface area contributed by atoms with Crippen molar-refractivity contribution >= 4 is 17.5 Å². The van der Waals surface area contributed by atoms with Crippen LogP contribution in [0.1, 0.15) is 15.9 Å². The Bertz CT molecular complexity index is 743. The van der Waals surface area contributed by atoms with Crippen LogP contribution in [0.2, 0.25) is 0 Å². The third kappa shape index (κ3) is 3.18. The molecule has 2 aromatic carbocycles. The predicted octanol–water partition coefficient (Wildman–Crippen LogP) is 2.01. The second-order valence-corrected chi connectivity index (χ2v) is 5.34. The van der Waals surface area contributed by atoms with Gasteiger partial charge in [-0.3, -0.25) is 9.59 Å². The first kappa shape index (κ1) is 15.1. The number of carbonyl (C=O) groups excluding carboxylic acids is 2. The van der Waals surface area contributed by atoms with Crippen LogP contribution >= 0.6 is 0 Å². The van der Waals surface area contributed by atoms with Crippen molar-refractivity contribution in [1.82, 2.24) is 5.32 Å². The molecule has 0 spiro atoms. The molecule has 1 aliphatic heterocycles. The smallest absolute Gasteiger partial charge is 0.251 e. The Morgan fingerprint density at radius 2 is 2.00 bits per heavy atom. The van der Waals surface area contributed by atoms with Gasteiger partial charge in [-0.2, -0.15) is 0 Å². The number of methoxy groups -OCH3 is 1. The van der Waals surface area contributed by atoms with Crippen molar-refractivity contribution in [1.29, 1.82) is 0 Å². The van der Waals surface area contributed by atoms with Crippen LogP contribution in [-0.4, -0.2) is 32.0 Å². The van der Waals surface area contributed by atoms with Crippen molar-refractivity contribution in [2.45, 2.75) is 6.42 Å². The van der Waals surface area contributed by atoms with Crippen molar-refractivity contribution in [3.63, 3.8) is 0 Å². The Morgan fingerprint density at radius 3 is 2.83 bits per heavy atom. The van der Waals surface area contributed by atoms with Crippen molar-refractivity contribution in [2.24, 2.45) is 0 Å². The molecule has 2 amide bonds. The summed E-state index contributed by atoms with van der Waals surface area (Å²) in [7, 11) is 1.55. The Morgan fingerprint density at radius 1 is 1.17 bits per heavy atom. The van der Waals surface area contributed by atoms with Gasteiger partial charge in [0, 0.05) is 17.8 Å². The lowest BCUT2D eigenvalue weighted by molar-refractivity contribution is -0.117. The van der Waals surface area contributed by atoms with Crippen LogP contribution in [0.3, 0.4) is 0 Å². The van der Waals surface area contributed by atoms with Gasteiger partial charge in [0.05, 0.1) is 13.7 Å². The van der Waals surface area contributed by atoms with Gasteiger partial charge >= 0.3 is 0 Å². The van der Waals surface area contributed by atoms with E-state index in [9.17, 15) is 9.59 Å². The molecule has 0 aliphatic carbocycles. The molecule has 5 heteroatoms. The number of rotatable bonds is 4. The van der Waals surface area contributed by atoms with Gasteiger partial charge in [-0.15, -0.1) is 0 Å². The summed E-state index contributed by atoms with van der Waals surface area (Å²) >= 11 is 0. The quantitative estimate of drug-likeness (QED) is 0.940. The van der Waals surface area contributed by atoms with Crippen LogP contribution in [0.5, 0.6) is 5.75 Å². The zero-order valence-electron chi connectivity index (χ0n) is 12.9. The summed E-state index contributed by atoms with van der Waals surface area (Å²) in [6, 6.07) is 14.7. The molecule has 0 aromatic heterocycles. The minimum atomic E-state index is -0.287. The summed E-state index contributed by atoms with van der Waals surface area (Å²) in [5.74, 6) is 0.216. The maximum atomic E-state index is 12.4. The van der Waals surface area contributed by atoms with Crippen LogP contribution in [0.15, 0.2) is 48.5 Å². The average Bonchev–Trinajstić information content (AvgIpc) is 3.03. The Hall–Kier alpha value is -2.82. The minimum Gasteiger partial charge on any atom is -0.497 e. The van der Waals surface area contributed by atoms with E-state index in [4.69, 9.17) is 4.74 Å². The molecule has 118 valence electrons. The fourth-order valence-electron chi connectivity index (χ4n) is 2.71. The monoisotopic (exact) mass is 310 g/mol. The molecule has 1 N–H and O–H groups in total. The first-order chi connectivity index (χ1) is 11.2. The average molecular weight is 310 g/mol. The number of ether oxygens (including phenoxy) is 1. The summed E-state index contributed by atoms with van der Waals surface area (Å²) < 4.78 is 5.10. The fourth-order valence-corrected chi connectivity index (χ4v) is 2.71. The van der Waals surface area contributed by atoms with E-state index in [1.165, 1.54) is 5.56 Å². The van der Waals surface area contributed by atoms with Crippen molar-refractivity contribution in [3.05, 3.63) is 59.7 Å². The molecule has 0 saturated carbocycles. The van der Waals surface area contributed by atoms with E-state index in [2.05, 4.69) is 5.32 Å². The number of hydrogen-bond donors (Lipinski definition) is 1. The largest absolute Gasteiger partial charge is 0.497 e. The van der Waals surface area contributed by atoms with Gasteiger partial charge in [-0.1, -0.05) is 24.3 Å². The molecule has 0 bridgehead atoms. The first-order valence-corrected chi connectivity index (χ1v) is 7.49. The van der Waals surface area contributed by atoms with Crippen LogP contribution < -0.4 is 15.0 Å². The van der Waals surface area contributed by atoms with Crippen LogP contribution in [-0.2, 0) is 11.2 Å². The minimum absolute atomic E-state index is 0.0234. The molecule has 0 unspecified atom stereocenters. The molecular weight excluding hydrogens is 292 g/mol. The number of anilines is 1. The highest BCUT2D eigenvalue weighted by molar-refractivity contribution is 6.01. The number of hydrogen-bond acceptors (Lipinski definition) is 3. The second-order valence-electron chi connectivity index (χ2n) is 5.34. The maximum absolute atomic E-state index is 12.4. The molecule has 0 fully saturated rings. The highest BCUT2D eigenvalue weighted by atomic mass is 16.5. The van der Waals surface area contributed by atoms with E-state index in [0.717, 1.165) is 12.1 Å². The molecule has 2 aromatic rings. The summed E-state index contributed by atoms with van der Waals surface area (Å²) in [6.07, 6.45) is 0.853.